The smallest absolute Gasteiger partial charge is 0.355 e. The first-order chi connectivity index (χ1) is 14.1. The molecule has 0 unspecified atom stereocenters. The zero-order chi connectivity index (χ0) is 20.8. The van der Waals surface area contributed by atoms with Crippen molar-refractivity contribution in [1.29, 1.82) is 0 Å². The van der Waals surface area contributed by atoms with Crippen molar-refractivity contribution < 1.29 is 19.1 Å². The molecule has 0 fully saturated rings. The minimum absolute atomic E-state index is 0.0730. The second-order valence-electron chi connectivity index (χ2n) is 5.79. The van der Waals surface area contributed by atoms with Crippen LogP contribution in [0.3, 0.4) is 0 Å². The maximum Gasteiger partial charge on any atom is 0.355 e. The molecule has 1 aliphatic heterocycles. The fraction of sp³-hybridized carbons (Fsp3) is 0.143. The van der Waals surface area contributed by atoms with Gasteiger partial charge >= 0.3 is 11.9 Å². The number of allylic oxidation sites excluding steroid dienone is 2. The minimum atomic E-state index is -0.647. The van der Waals surface area contributed by atoms with Crippen molar-refractivity contribution in [2.75, 3.05) is 25.4 Å². The molecule has 2 aromatic rings. The third-order valence-electron chi connectivity index (χ3n) is 4.15. The highest BCUT2D eigenvalue weighted by molar-refractivity contribution is 7.98. The summed E-state index contributed by atoms with van der Waals surface area (Å²) >= 11 is 1.47. The Bertz CT molecular complexity index is 1010. The van der Waals surface area contributed by atoms with E-state index in [2.05, 4.69) is 9.97 Å². The zero-order valence-electron chi connectivity index (χ0n) is 16.2. The molecule has 1 aromatic carbocycles. The Morgan fingerprint density at radius 1 is 1.00 bits per heavy atom. The molecule has 0 bridgehead atoms. The summed E-state index contributed by atoms with van der Waals surface area (Å²) in [6.45, 7) is 0. The lowest BCUT2D eigenvalue weighted by Gasteiger charge is -2.23. The van der Waals surface area contributed by atoms with Crippen molar-refractivity contribution in [3.05, 3.63) is 72.2 Å². The molecule has 29 heavy (non-hydrogen) atoms. The van der Waals surface area contributed by atoms with Gasteiger partial charge in [0.05, 0.1) is 25.5 Å². The predicted octanol–water partition coefficient (Wildman–Crippen LogP) is 3.36. The molecule has 0 N–H and O–H groups in total. The van der Waals surface area contributed by atoms with Gasteiger partial charge in [-0.05, 0) is 36.6 Å². The number of aromatic nitrogens is 2. The molecule has 148 valence electrons. The van der Waals surface area contributed by atoms with E-state index in [4.69, 9.17) is 9.47 Å². The second kappa shape index (κ2) is 9.20. The number of ether oxygens (including phenoxy) is 2. The van der Waals surface area contributed by atoms with Crippen molar-refractivity contribution in [2.45, 2.75) is 5.16 Å². The molecule has 7 nitrogen and oxygen atoms in total. The first-order valence-electron chi connectivity index (χ1n) is 8.61. The van der Waals surface area contributed by atoms with Gasteiger partial charge in [-0.15, -0.1) is 0 Å². The summed E-state index contributed by atoms with van der Waals surface area (Å²) in [6.07, 6.45) is 10.2. The Morgan fingerprint density at radius 2 is 1.72 bits per heavy atom. The number of benzene rings is 1. The molecule has 0 radical (unpaired) electrons. The highest BCUT2D eigenvalue weighted by atomic mass is 32.2. The summed E-state index contributed by atoms with van der Waals surface area (Å²) in [6, 6.07) is 9.29. The molecule has 1 aromatic heterocycles. The Balaban J connectivity index is 2.03. The Morgan fingerprint density at radius 3 is 2.38 bits per heavy atom. The number of carbonyl (C=O) groups is 2. The third-order valence-corrected chi connectivity index (χ3v) is 4.71. The zero-order valence-corrected chi connectivity index (χ0v) is 17.0. The van der Waals surface area contributed by atoms with E-state index >= 15 is 0 Å². The van der Waals surface area contributed by atoms with Crippen LogP contribution in [-0.2, 0) is 19.1 Å². The van der Waals surface area contributed by atoms with Gasteiger partial charge in [-0.2, -0.15) is 0 Å². The quantitative estimate of drug-likeness (QED) is 0.422. The van der Waals surface area contributed by atoms with Crippen molar-refractivity contribution in [3.8, 4) is 11.3 Å². The predicted molar refractivity (Wildman–Crippen MR) is 111 cm³/mol. The number of thioether (sulfide) groups is 1. The maximum absolute atomic E-state index is 12.5. The number of esters is 2. The summed E-state index contributed by atoms with van der Waals surface area (Å²) in [5.41, 5.74) is 2.55. The van der Waals surface area contributed by atoms with Gasteiger partial charge < -0.3 is 14.4 Å². The molecule has 0 saturated heterocycles. The Labute approximate surface area is 172 Å². The standard InChI is InChI=1S/C21H19N3O4S/c1-27-19(25)16-6-4-5-13-24(18(16)20(26)28-2)15-9-7-14(8-10-15)17-11-12-22-21(23-17)29-3/h4-13H,1-3H3. The van der Waals surface area contributed by atoms with E-state index in [1.165, 1.54) is 32.1 Å². The fourth-order valence-corrected chi connectivity index (χ4v) is 3.11. The van der Waals surface area contributed by atoms with E-state index in [1.54, 1.807) is 29.4 Å². The number of anilines is 1. The summed E-state index contributed by atoms with van der Waals surface area (Å²) in [7, 11) is 2.53. The summed E-state index contributed by atoms with van der Waals surface area (Å²) in [4.78, 5) is 35.0. The fourth-order valence-electron chi connectivity index (χ4n) is 2.76. The number of methoxy groups -OCH3 is 2. The van der Waals surface area contributed by atoms with Crippen LogP contribution in [-0.4, -0.2) is 42.4 Å². The van der Waals surface area contributed by atoms with Gasteiger partial charge in [-0.1, -0.05) is 30.0 Å². The lowest BCUT2D eigenvalue weighted by Crippen LogP contribution is -2.26. The van der Waals surface area contributed by atoms with Gasteiger partial charge in [-0.3, -0.25) is 0 Å². The monoisotopic (exact) mass is 409 g/mol. The van der Waals surface area contributed by atoms with Crippen LogP contribution in [0.2, 0.25) is 0 Å². The van der Waals surface area contributed by atoms with Crippen LogP contribution >= 0.6 is 11.8 Å². The molecule has 2 heterocycles. The first kappa shape index (κ1) is 20.3. The Kier molecular flexibility index (Phi) is 6.46. The van der Waals surface area contributed by atoms with Gasteiger partial charge in [0.15, 0.2) is 5.16 Å². The average molecular weight is 409 g/mol. The largest absolute Gasteiger partial charge is 0.465 e. The van der Waals surface area contributed by atoms with Crippen molar-refractivity contribution in [1.82, 2.24) is 9.97 Å². The van der Waals surface area contributed by atoms with Gasteiger partial charge in [0, 0.05) is 23.6 Å². The second-order valence-corrected chi connectivity index (χ2v) is 6.56. The Hall–Kier alpha value is -3.39. The lowest BCUT2D eigenvalue weighted by atomic mass is 10.1. The SMILES string of the molecule is COC(=O)C1=C(C(=O)OC)N(c2ccc(-c3ccnc(SC)n3)cc2)C=CC=C1. The number of hydrogen-bond donors (Lipinski definition) is 0. The minimum Gasteiger partial charge on any atom is -0.465 e. The van der Waals surface area contributed by atoms with Crippen molar-refractivity contribution in [2.24, 2.45) is 0 Å². The summed E-state index contributed by atoms with van der Waals surface area (Å²) in [5.74, 6) is -1.27. The summed E-state index contributed by atoms with van der Waals surface area (Å²) < 4.78 is 9.73. The van der Waals surface area contributed by atoms with Gasteiger partial charge in [0.25, 0.3) is 0 Å². The molecule has 0 spiro atoms. The van der Waals surface area contributed by atoms with Crippen LogP contribution in [0.4, 0.5) is 5.69 Å². The number of carbonyl (C=O) groups excluding carboxylic acids is 2. The molecule has 3 rings (SSSR count). The van der Waals surface area contributed by atoms with E-state index in [-0.39, 0.29) is 11.3 Å². The van der Waals surface area contributed by atoms with Gasteiger partial charge in [-0.25, -0.2) is 19.6 Å². The molecular formula is C21H19N3O4S. The van der Waals surface area contributed by atoms with Crippen molar-refractivity contribution >= 4 is 29.4 Å². The van der Waals surface area contributed by atoms with E-state index in [0.717, 1.165) is 11.3 Å². The van der Waals surface area contributed by atoms with E-state index in [1.807, 2.05) is 36.6 Å². The molecular weight excluding hydrogens is 390 g/mol. The third kappa shape index (κ3) is 4.38. The number of nitrogens with zero attached hydrogens (tertiary/aromatic N) is 3. The molecule has 0 saturated carbocycles. The van der Waals surface area contributed by atoms with Crippen LogP contribution in [0.15, 0.2) is 77.4 Å². The van der Waals surface area contributed by atoms with E-state index < -0.39 is 11.9 Å². The van der Waals surface area contributed by atoms with E-state index in [0.29, 0.717) is 10.8 Å². The highest BCUT2D eigenvalue weighted by Gasteiger charge is 2.27. The van der Waals surface area contributed by atoms with Crippen LogP contribution in [0.1, 0.15) is 0 Å². The molecule has 0 atom stereocenters. The lowest BCUT2D eigenvalue weighted by molar-refractivity contribution is -0.139. The topological polar surface area (TPSA) is 81.6 Å². The van der Waals surface area contributed by atoms with Crippen LogP contribution < -0.4 is 4.90 Å². The average Bonchev–Trinajstić information content (AvgIpc) is 3.01. The normalized spacial score (nSPS) is 13.3. The molecule has 8 heteroatoms. The number of rotatable bonds is 5. The van der Waals surface area contributed by atoms with Crippen LogP contribution in [0.25, 0.3) is 11.3 Å². The maximum atomic E-state index is 12.5. The molecule has 0 amide bonds. The van der Waals surface area contributed by atoms with Gasteiger partial charge in [0.2, 0.25) is 0 Å². The highest BCUT2D eigenvalue weighted by Crippen LogP contribution is 2.28. The molecule has 1 aliphatic rings. The van der Waals surface area contributed by atoms with Crippen LogP contribution in [0.5, 0.6) is 0 Å². The van der Waals surface area contributed by atoms with E-state index in [9.17, 15) is 9.59 Å². The number of hydrogen-bond acceptors (Lipinski definition) is 8. The van der Waals surface area contributed by atoms with Gasteiger partial charge in [0.1, 0.15) is 5.70 Å². The van der Waals surface area contributed by atoms with Crippen LogP contribution in [0, 0.1) is 0 Å². The summed E-state index contributed by atoms with van der Waals surface area (Å²) in [5, 5.41) is 0.687. The first-order valence-corrected chi connectivity index (χ1v) is 9.84. The van der Waals surface area contributed by atoms with Crippen molar-refractivity contribution in [3.63, 3.8) is 0 Å². The molecule has 0 aliphatic carbocycles.